The van der Waals surface area contributed by atoms with Gasteiger partial charge in [0.05, 0.1) is 23.0 Å². The van der Waals surface area contributed by atoms with Crippen LogP contribution in [0.4, 0.5) is 24.5 Å². The van der Waals surface area contributed by atoms with Crippen molar-refractivity contribution in [3.8, 4) is 0 Å². The van der Waals surface area contributed by atoms with Gasteiger partial charge in [-0.1, -0.05) is 0 Å². The van der Waals surface area contributed by atoms with Crippen molar-refractivity contribution in [3.63, 3.8) is 0 Å². The summed E-state index contributed by atoms with van der Waals surface area (Å²) in [5.41, 5.74) is -0.883. The summed E-state index contributed by atoms with van der Waals surface area (Å²) >= 11 is 0. The molecule has 1 saturated heterocycles. The standard InChI is InChI=1S/C22H22F3N5O3/c1-12(2)30-19-13(11-27-30)8-14(10-26-19)20(31)29-17-6-5-15(9-16(17)22(23,24)25)28-21(32)18-4-3-7-33-18/h5-6,8-12,18H,3-4,7H2,1-2H3,(H,28,32)(H,29,31). The average molecular weight is 461 g/mol. The van der Waals surface area contributed by atoms with E-state index in [9.17, 15) is 22.8 Å². The smallest absolute Gasteiger partial charge is 0.368 e. The van der Waals surface area contributed by atoms with Gasteiger partial charge >= 0.3 is 6.18 Å². The van der Waals surface area contributed by atoms with E-state index in [1.54, 1.807) is 10.9 Å². The molecule has 0 radical (unpaired) electrons. The molecule has 0 aliphatic carbocycles. The molecule has 0 saturated carbocycles. The van der Waals surface area contributed by atoms with Crippen molar-refractivity contribution in [1.82, 2.24) is 14.8 Å². The monoisotopic (exact) mass is 461 g/mol. The molecule has 2 aromatic heterocycles. The number of ether oxygens (including phenoxy) is 1. The van der Waals surface area contributed by atoms with Crippen LogP contribution in [0.2, 0.25) is 0 Å². The molecule has 1 atom stereocenters. The van der Waals surface area contributed by atoms with Crippen LogP contribution < -0.4 is 10.6 Å². The van der Waals surface area contributed by atoms with Crippen LogP contribution in [0.3, 0.4) is 0 Å². The first-order valence-corrected chi connectivity index (χ1v) is 10.4. The second-order valence-electron chi connectivity index (χ2n) is 8.02. The number of amides is 2. The van der Waals surface area contributed by atoms with Crippen LogP contribution in [-0.4, -0.2) is 39.3 Å². The number of halogens is 3. The molecule has 1 aromatic carbocycles. The summed E-state index contributed by atoms with van der Waals surface area (Å²) in [5, 5.41) is 9.56. The van der Waals surface area contributed by atoms with Gasteiger partial charge < -0.3 is 15.4 Å². The quantitative estimate of drug-likeness (QED) is 0.587. The Morgan fingerprint density at radius 3 is 2.64 bits per heavy atom. The Kier molecular flexibility index (Phi) is 6.07. The van der Waals surface area contributed by atoms with Gasteiger partial charge in [0.15, 0.2) is 5.65 Å². The van der Waals surface area contributed by atoms with Crippen LogP contribution in [0, 0.1) is 0 Å². The number of benzene rings is 1. The summed E-state index contributed by atoms with van der Waals surface area (Å²) in [6.07, 6.45) is -1.36. The Hall–Kier alpha value is -3.47. The lowest BCUT2D eigenvalue weighted by Gasteiger charge is -2.17. The minimum atomic E-state index is -4.76. The zero-order valence-corrected chi connectivity index (χ0v) is 17.9. The lowest BCUT2D eigenvalue weighted by Crippen LogP contribution is -2.27. The fourth-order valence-electron chi connectivity index (χ4n) is 3.61. The van der Waals surface area contributed by atoms with E-state index in [4.69, 9.17) is 4.74 Å². The van der Waals surface area contributed by atoms with Crippen LogP contribution in [0.1, 0.15) is 48.7 Å². The molecule has 2 amide bonds. The van der Waals surface area contributed by atoms with Crippen LogP contribution in [0.5, 0.6) is 0 Å². The van der Waals surface area contributed by atoms with E-state index in [1.807, 2.05) is 13.8 Å². The molecule has 174 valence electrons. The zero-order valence-electron chi connectivity index (χ0n) is 17.9. The minimum absolute atomic E-state index is 0.0370. The molecule has 3 heterocycles. The predicted molar refractivity (Wildman–Crippen MR) is 115 cm³/mol. The van der Waals surface area contributed by atoms with Crippen LogP contribution in [0.15, 0.2) is 36.7 Å². The minimum Gasteiger partial charge on any atom is -0.368 e. The predicted octanol–water partition coefficient (Wildman–Crippen LogP) is 4.40. The summed E-state index contributed by atoms with van der Waals surface area (Å²) in [4.78, 5) is 29.1. The lowest BCUT2D eigenvalue weighted by molar-refractivity contribution is -0.137. The van der Waals surface area contributed by atoms with Gasteiger partial charge in [0.1, 0.15) is 6.10 Å². The van der Waals surface area contributed by atoms with Gasteiger partial charge in [0.25, 0.3) is 11.8 Å². The topological polar surface area (TPSA) is 98.1 Å². The normalized spacial score (nSPS) is 16.4. The van der Waals surface area contributed by atoms with Crippen molar-refractivity contribution >= 4 is 34.2 Å². The molecule has 1 aliphatic heterocycles. The van der Waals surface area contributed by atoms with Gasteiger partial charge in [-0.3, -0.25) is 9.59 Å². The molecule has 1 fully saturated rings. The third kappa shape index (κ3) is 4.82. The van der Waals surface area contributed by atoms with Crippen molar-refractivity contribution in [2.24, 2.45) is 0 Å². The van der Waals surface area contributed by atoms with E-state index in [-0.39, 0.29) is 17.3 Å². The molecular formula is C22H22F3N5O3. The first-order chi connectivity index (χ1) is 15.6. The molecule has 3 aromatic rings. The van der Waals surface area contributed by atoms with E-state index in [0.29, 0.717) is 24.1 Å². The number of nitrogens with zero attached hydrogens (tertiary/aromatic N) is 3. The molecule has 11 heteroatoms. The second-order valence-corrected chi connectivity index (χ2v) is 8.02. The van der Waals surface area contributed by atoms with Gasteiger partial charge in [-0.2, -0.15) is 18.3 Å². The van der Waals surface area contributed by atoms with Gasteiger partial charge in [-0.25, -0.2) is 9.67 Å². The van der Waals surface area contributed by atoms with Gasteiger partial charge in [0.2, 0.25) is 0 Å². The van der Waals surface area contributed by atoms with Crippen molar-refractivity contribution < 1.29 is 27.5 Å². The largest absolute Gasteiger partial charge is 0.418 e. The number of rotatable bonds is 5. The molecule has 1 unspecified atom stereocenters. The number of alkyl halides is 3. The van der Waals surface area contributed by atoms with Crippen LogP contribution >= 0.6 is 0 Å². The van der Waals surface area contributed by atoms with E-state index in [1.165, 1.54) is 18.3 Å². The number of hydrogen-bond donors (Lipinski definition) is 2. The first kappa shape index (κ1) is 22.7. The highest BCUT2D eigenvalue weighted by atomic mass is 19.4. The number of aromatic nitrogens is 3. The van der Waals surface area contributed by atoms with Gasteiger partial charge in [0, 0.05) is 29.9 Å². The molecule has 0 bridgehead atoms. The van der Waals surface area contributed by atoms with E-state index in [2.05, 4.69) is 20.7 Å². The summed E-state index contributed by atoms with van der Waals surface area (Å²) in [5.74, 6) is -1.25. The average Bonchev–Trinajstić information content (AvgIpc) is 3.43. The van der Waals surface area contributed by atoms with E-state index in [0.717, 1.165) is 18.6 Å². The van der Waals surface area contributed by atoms with Crippen molar-refractivity contribution in [2.45, 2.75) is 45.0 Å². The highest BCUT2D eigenvalue weighted by Crippen LogP contribution is 2.37. The van der Waals surface area contributed by atoms with Gasteiger partial charge in [-0.05, 0) is 51.0 Å². The first-order valence-electron chi connectivity index (χ1n) is 10.4. The molecule has 0 spiro atoms. The Labute approximate surface area is 187 Å². The second kappa shape index (κ2) is 8.81. The molecular weight excluding hydrogens is 439 g/mol. The molecule has 33 heavy (non-hydrogen) atoms. The maximum Gasteiger partial charge on any atom is 0.418 e. The third-order valence-corrected chi connectivity index (χ3v) is 5.25. The van der Waals surface area contributed by atoms with E-state index >= 15 is 0 Å². The van der Waals surface area contributed by atoms with Crippen LogP contribution in [-0.2, 0) is 15.7 Å². The lowest BCUT2D eigenvalue weighted by atomic mass is 10.1. The highest BCUT2D eigenvalue weighted by molar-refractivity contribution is 6.06. The molecule has 4 rings (SSSR count). The maximum absolute atomic E-state index is 13.7. The maximum atomic E-state index is 13.7. The molecule has 2 N–H and O–H groups in total. The molecule has 8 nitrogen and oxygen atoms in total. The number of fused-ring (bicyclic) bond motifs is 1. The number of carbonyl (C=O) groups excluding carboxylic acids is 2. The summed E-state index contributed by atoms with van der Waals surface area (Å²) in [6.45, 7) is 4.30. The molecule has 1 aliphatic rings. The van der Waals surface area contributed by atoms with Crippen molar-refractivity contribution in [2.75, 3.05) is 17.2 Å². The summed E-state index contributed by atoms with van der Waals surface area (Å²) in [7, 11) is 0. The van der Waals surface area contributed by atoms with Gasteiger partial charge in [-0.15, -0.1) is 0 Å². The Morgan fingerprint density at radius 1 is 1.18 bits per heavy atom. The number of pyridine rings is 1. The van der Waals surface area contributed by atoms with E-state index < -0.39 is 35.3 Å². The zero-order chi connectivity index (χ0) is 23.8. The third-order valence-electron chi connectivity index (χ3n) is 5.25. The summed E-state index contributed by atoms with van der Waals surface area (Å²) in [6, 6.07) is 4.77. The fraction of sp³-hybridized carbons (Fsp3) is 0.364. The number of anilines is 2. The Morgan fingerprint density at radius 2 is 1.97 bits per heavy atom. The highest BCUT2D eigenvalue weighted by Gasteiger charge is 2.35. The van der Waals surface area contributed by atoms with Crippen molar-refractivity contribution in [1.29, 1.82) is 0 Å². The number of hydrogen-bond acceptors (Lipinski definition) is 5. The van der Waals surface area contributed by atoms with Crippen molar-refractivity contribution in [3.05, 3.63) is 47.8 Å². The summed E-state index contributed by atoms with van der Waals surface area (Å²) < 4.78 is 48.0. The number of nitrogens with one attached hydrogen (secondary N) is 2. The SMILES string of the molecule is CC(C)n1ncc2cc(C(=O)Nc3ccc(NC(=O)C4CCCO4)cc3C(F)(F)F)cnc21. The fourth-order valence-corrected chi connectivity index (χ4v) is 3.61. The van der Waals surface area contributed by atoms with Crippen LogP contribution in [0.25, 0.3) is 11.0 Å². The number of carbonyl (C=O) groups is 2. The Bertz CT molecular complexity index is 1200. The Balaban J connectivity index is 1.57.